The Morgan fingerprint density at radius 3 is 2.34 bits per heavy atom. The molecule has 4 nitrogen and oxygen atoms in total. The van der Waals surface area contributed by atoms with Crippen molar-refractivity contribution in [3.63, 3.8) is 0 Å². The summed E-state index contributed by atoms with van der Waals surface area (Å²) in [5, 5.41) is 0.939. The van der Waals surface area contributed by atoms with Gasteiger partial charge in [0.05, 0.1) is 6.54 Å². The molecule has 0 saturated carbocycles. The van der Waals surface area contributed by atoms with E-state index in [9.17, 15) is 9.59 Å². The van der Waals surface area contributed by atoms with Gasteiger partial charge in [0.2, 0.25) is 0 Å². The molecule has 4 rings (SSSR count). The van der Waals surface area contributed by atoms with Crippen LogP contribution in [-0.2, 0) is 6.54 Å². The van der Waals surface area contributed by atoms with Crippen LogP contribution in [0.1, 0.15) is 27.0 Å². The Labute approximate surface area is 169 Å². The third kappa shape index (κ3) is 3.83. The van der Waals surface area contributed by atoms with Crippen molar-refractivity contribution in [2.24, 2.45) is 0 Å². The van der Waals surface area contributed by atoms with Gasteiger partial charge in [0.25, 0.3) is 11.5 Å². The minimum atomic E-state index is -0.182. The Morgan fingerprint density at radius 2 is 1.59 bits per heavy atom. The van der Waals surface area contributed by atoms with Crippen molar-refractivity contribution in [3.05, 3.63) is 111 Å². The average molecular weight is 382 g/mol. The lowest BCUT2D eigenvalue weighted by Crippen LogP contribution is -2.33. The van der Waals surface area contributed by atoms with Crippen LogP contribution in [0.15, 0.2) is 83.7 Å². The Balaban J connectivity index is 1.80. The van der Waals surface area contributed by atoms with Gasteiger partial charge in [-0.1, -0.05) is 42.5 Å². The van der Waals surface area contributed by atoms with Gasteiger partial charge >= 0.3 is 0 Å². The van der Waals surface area contributed by atoms with Crippen molar-refractivity contribution in [3.8, 4) is 0 Å². The lowest BCUT2D eigenvalue weighted by molar-refractivity contribution is 0.0985. The number of pyridine rings is 1. The van der Waals surface area contributed by atoms with Crippen molar-refractivity contribution in [2.45, 2.75) is 20.4 Å². The number of rotatable bonds is 4. The number of para-hydroxylation sites is 1. The van der Waals surface area contributed by atoms with Crippen LogP contribution in [0.5, 0.6) is 0 Å². The lowest BCUT2D eigenvalue weighted by atomic mass is 10.1. The minimum Gasteiger partial charge on any atom is -0.322 e. The molecule has 0 aliphatic heterocycles. The molecule has 4 aromatic rings. The first-order valence-electron chi connectivity index (χ1n) is 9.58. The van der Waals surface area contributed by atoms with E-state index >= 15 is 0 Å². The molecule has 0 radical (unpaired) electrons. The Morgan fingerprint density at radius 1 is 0.862 bits per heavy atom. The molecular formula is C25H22N2O2. The molecule has 0 spiro atoms. The van der Waals surface area contributed by atoms with Crippen molar-refractivity contribution in [1.29, 1.82) is 0 Å². The largest absolute Gasteiger partial charge is 0.322 e. The average Bonchev–Trinajstić information content (AvgIpc) is 2.74. The number of carbonyl (C=O) groups excluding carboxylic acids is 1. The Kier molecular flexibility index (Phi) is 5.00. The predicted octanol–water partition coefficient (Wildman–Crippen LogP) is 4.99. The van der Waals surface area contributed by atoms with Gasteiger partial charge in [0.1, 0.15) is 0 Å². The number of hydrogen-bond acceptors (Lipinski definition) is 2. The zero-order chi connectivity index (χ0) is 20.4. The molecule has 3 aromatic carbocycles. The molecule has 1 heterocycles. The summed E-state index contributed by atoms with van der Waals surface area (Å²) in [6, 6.07) is 24.6. The van der Waals surface area contributed by atoms with Crippen LogP contribution < -0.4 is 10.5 Å². The number of fused-ring (bicyclic) bond motifs is 1. The molecule has 1 N–H and O–H groups in total. The van der Waals surface area contributed by atoms with E-state index in [0.717, 1.165) is 27.7 Å². The van der Waals surface area contributed by atoms with Crippen molar-refractivity contribution in [2.75, 3.05) is 4.90 Å². The molecular weight excluding hydrogens is 360 g/mol. The number of carbonyl (C=O) groups is 1. The molecule has 29 heavy (non-hydrogen) atoms. The van der Waals surface area contributed by atoms with Gasteiger partial charge in [-0.15, -0.1) is 0 Å². The predicted molar refractivity (Wildman–Crippen MR) is 117 cm³/mol. The summed E-state index contributed by atoms with van der Waals surface area (Å²) >= 11 is 0. The van der Waals surface area contributed by atoms with Crippen LogP contribution in [0.25, 0.3) is 10.9 Å². The van der Waals surface area contributed by atoms with E-state index in [4.69, 9.17) is 0 Å². The van der Waals surface area contributed by atoms with E-state index in [1.165, 1.54) is 0 Å². The van der Waals surface area contributed by atoms with Crippen molar-refractivity contribution < 1.29 is 4.79 Å². The van der Waals surface area contributed by atoms with E-state index < -0.39 is 0 Å². The number of anilines is 1. The highest BCUT2D eigenvalue weighted by Crippen LogP contribution is 2.23. The van der Waals surface area contributed by atoms with Gasteiger partial charge < -0.3 is 9.88 Å². The maximum Gasteiger partial charge on any atom is 0.258 e. The van der Waals surface area contributed by atoms with Crippen molar-refractivity contribution >= 4 is 22.5 Å². The topological polar surface area (TPSA) is 53.2 Å². The first-order chi connectivity index (χ1) is 14.0. The van der Waals surface area contributed by atoms with E-state index in [1.807, 2.05) is 80.6 Å². The maximum absolute atomic E-state index is 13.3. The molecule has 0 saturated heterocycles. The summed E-state index contributed by atoms with van der Waals surface area (Å²) in [4.78, 5) is 30.6. The highest BCUT2D eigenvalue weighted by Gasteiger charge is 2.20. The molecule has 0 bridgehead atoms. The highest BCUT2D eigenvalue weighted by atomic mass is 16.2. The van der Waals surface area contributed by atoms with Gasteiger partial charge in [-0.25, -0.2) is 0 Å². The molecule has 1 aromatic heterocycles. The number of aryl methyl sites for hydroxylation is 2. The summed E-state index contributed by atoms with van der Waals surface area (Å²) in [7, 11) is 0. The van der Waals surface area contributed by atoms with Gasteiger partial charge in [-0.2, -0.15) is 0 Å². The van der Waals surface area contributed by atoms with E-state index in [-0.39, 0.29) is 18.0 Å². The number of aromatic amines is 1. The van der Waals surface area contributed by atoms with Crippen LogP contribution >= 0.6 is 0 Å². The number of nitrogens with zero attached hydrogens (tertiary/aromatic N) is 1. The first-order valence-corrected chi connectivity index (χ1v) is 9.58. The Hall–Kier alpha value is -3.66. The van der Waals surface area contributed by atoms with E-state index in [0.29, 0.717) is 11.1 Å². The number of H-pyrrole nitrogens is 1. The monoisotopic (exact) mass is 382 g/mol. The second-order valence-electron chi connectivity index (χ2n) is 7.24. The van der Waals surface area contributed by atoms with Crippen LogP contribution in [-0.4, -0.2) is 10.9 Å². The quantitative estimate of drug-likeness (QED) is 0.540. The highest BCUT2D eigenvalue weighted by molar-refractivity contribution is 6.06. The van der Waals surface area contributed by atoms with Crippen molar-refractivity contribution in [1.82, 2.24) is 4.98 Å². The molecule has 0 aliphatic carbocycles. The number of hydrogen-bond donors (Lipinski definition) is 1. The minimum absolute atomic E-state index is 0.138. The van der Waals surface area contributed by atoms with E-state index in [1.54, 1.807) is 17.0 Å². The third-order valence-electron chi connectivity index (χ3n) is 5.23. The SMILES string of the molecule is Cc1ccc(N(Cc2cc3ccccc3[nH]c2=O)C(=O)c2ccccc2)cc1C. The van der Waals surface area contributed by atoms with Gasteiger partial charge in [0, 0.05) is 22.3 Å². The normalized spacial score (nSPS) is 10.8. The second-order valence-corrected chi connectivity index (χ2v) is 7.24. The fraction of sp³-hybridized carbons (Fsp3) is 0.120. The molecule has 4 heteroatoms. The van der Waals surface area contributed by atoms with Crippen LogP contribution in [0.3, 0.4) is 0 Å². The van der Waals surface area contributed by atoms with E-state index in [2.05, 4.69) is 4.98 Å². The zero-order valence-corrected chi connectivity index (χ0v) is 16.5. The smallest absolute Gasteiger partial charge is 0.258 e. The number of nitrogens with one attached hydrogen (secondary N) is 1. The number of benzene rings is 3. The van der Waals surface area contributed by atoms with Crippen LogP contribution in [0, 0.1) is 13.8 Å². The lowest BCUT2D eigenvalue weighted by Gasteiger charge is -2.24. The standard InChI is InChI=1S/C25H22N2O2/c1-17-12-13-22(14-18(17)2)27(25(29)19-8-4-3-5-9-19)16-21-15-20-10-6-7-11-23(20)26-24(21)28/h3-15H,16H2,1-2H3,(H,26,28). The Bertz CT molecular complexity index is 1240. The fourth-order valence-electron chi connectivity index (χ4n) is 3.39. The maximum atomic E-state index is 13.3. The van der Waals surface area contributed by atoms with Crippen LogP contribution in [0.2, 0.25) is 0 Å². The van der Waals surface area contributed by atoms with Gasteiger partial charge in [0.15, 0.2) is 0 Å². The van der Waals surface area contributed by atoms with Crippen LogP contribution in [0.4, 0.5) is 5.69 Å². The molecule has 0 unspecified atom stereocenters. The molecule has 0 atom stereocenters. The summed E-state index contributed by atoms with van der Waals surface area (Å²) in [5.74, 6) is -0.138. The number of aromatic nitrogens is 1. The summed E-state index contributed by atoms with van der Waals surface area (Å²) in [5.41, 5.74) is 4.76. The van der Waals surface area contributed by atoms with Gasteiger partial charge in [-0.3, -0.25) is 9.59 Å². The molecule has 144 valence electrons. The fourth-order valence-corrected chi connectivity index (χ4v) is 3.39. The third-order valence-corrected chi connectivity index (χ3v) is 5.23. The molecule has 1 amide bonds. The summed E-state index contributed by atoms with van der Waals surface area (Å²) in [6.07, 6.45) is 0. The number of amides is 1. The molecule has 0 fully saturated rings. The summed E-state index contributed by atoms with van der Waals surface area (Å²) in [6.45, 7) is 4.25. The second kappa shape index (κ2) is 7.76. The zero-order valence-electron chi connectivity index (χ0n) is 16.5. The summed E-state index contributed by atoms with van der Waals surface area (Å²) < 4.78 is 0. The first kappa shape index (κ1) is 18.7. The molecule has 0 aliphatic rings. The van der Waals surface area contributed by atoms with Gasteiger partial charge in [-0.05, 0) is 66.8 Å².